The molecule has 0 aromatic heterocycles. The average molecular weight is 190 g/mol. The van der Waals surface area contributed by atoms with E-state index in [9.17, 15) is 13.2 Å². The van der Waals surface area contributed by atoms with Crippen LogP contribution >= 0.6 is 0 Å². The lowest BCUT2D eigenvalue weighted by atomic mass is 10.3. The second-order valence-electron chi connectivity index (χ2n) is 3.33. The van der Waals surface area contributed by atoms with Gasteiger partial charge in [0.2, 0.25) is 0 Å². The minimum absolute atomic E-state index is 0.0663. The van der Waals surface area contributed by atoms with E-state index in [0.717, 1.165) is 12.8 Å². The Balaban J connectivity index is 2.43. The summed E-state index contributed by atoms with van der Waals surface area (Å²) in [6, 6.07) is 0. The molecule has 1 aliphatic rings. The van der Waals surface area contributed by atoms with Crippen molar-refractivity contribution in [3.05, 3.63) is 0 Å². The zero-order valence-electron chi connectivity index (χ0n) is 7.25. The highest BCUT2D eigenvalue weighted by Gasteiger charge is 2.31. The van der Waals surface area contributed by atoms with Gasteiger partial charge in [-0.3, -0.25) is 4.79 Å². The van der Waals surface area contributed by atoms with Crippen molar-refractivity contribution in [3.63, 3.8) is 0 Å². The number of rotatable bonds is 5. The molecule has 1 saturated carbocycles. The van der Waals surface area contributed by atoms with Gasteiger partial charge in [0.1, 0.15) is 5.75 Å². The molecule has 0 unspecified atom stereocenters. The van der Waals surface area contributed by atoms with Crippen molar-refractivity contribution in [3.8, 4) is 0 Å². The molecular formula is C8H14O3S. The van der Waals surface area contributed by atoms with Crippen molar-refractivity contribution in [2.75, 3.05) is 11.5 Å². The molecule has 0 amide bonds. The molecule has 12 heavy (non-hydrogen) atoms. The number of hydrogen-bond acceptors (Lipinski definition) is 3. The Hall–Kier alpha value is -0.380. The van der Waals surface area contributed by atoms with Gasteiger partial charge in [-0.15, -0.1) is 0 Å². The molecule has 0 bridgehead atoms. The van der Waals surface area contributed by atoms with E-state index in [-0.39, 0.29) is 23.2 Å². The Bertz CT molecular complexity index is 262. The molecule has 1 aliphatic carbocycles. The van der Waals surface area contributed by atoms with E-state index in [1.807, 2.05) is 0 Å². The summed E-state index contributed by atoms with van der Waals surface area (Å²) in [5.74, 6) is -0.100. The highest BCUT2D eigenvalue weighted by molar-refractivity contribution is 7.92. The summed E-state index contributed by atoms with van der Waals surface area (Å²) in [6.07, 6.45) is 2.38. The molecule has 4 heteroatoms. The molecule has 0 aromatic carbocycles. The van der Waals surface area contributed by atoms with Crippen LogP contribution in [0.25, 0.3) is 0 Å². The smallest absolute Gasteiger partial charge is 0.157 e. The number of ketones is 1. The first-order valence-corrected chi connectivity index (χ1v) is 6.10. The number of carbonyl (C=O) groups excluding carboxylic acids is 1. The van der Waals surface area contributed by atoms with Crippen molar-refractivity contribution < 1.29 is 13.2 Å². The number of sulfone groups is 1. The predicted octanol–water partition coefficient (Wildman–Crippen LogP) is 0.790. The maximum Gasteiger partial charge on any atom is 0.157 e. The first-order chi connectivity index (χ1) is 5.55. The van der Waals surface area contributed by atoms with Crippen LogP contribution in [0.15, 0.2) is 0 Å². The standard InChI is InChI=1S/C8H14O3S/c1-2-5-12(10,11)6-8(9)7-3-4-7/h7H,2-6H2,1H3. The van der Waals surface area contributed by atoms with E-state index < -0.39 is 9.84 Å². The molecule has 0 spiro atoms. The van der Waals surface area contributed by atoms with Crippen LogP contribution in [0.3, 0.4) is 0 Å². The topological polar surface area (TPSA) is 51.2 Å². The molecule has 0 saturated heterocycles. The summed E-state index contributed by atoms with van der Waals surface area (Å²) in [4.78, 5) is 11.1. The molecule has 0 heterocycles. The van der Waals surface area contributed by atoms with Gasteiger partial charge in [0.15, 0.2) is 15.6 Å². The number of hydrogen-bond donors (Lipinski definition) is 0. The third kappa shape index (κ3) is 2.93. The van der Waals surface area contributed by atoms with Gasteiger partial charge < -0.3 is 0 Å². The minimum Gasteiger partial charge on any atom is -0.298 e. The molecule has 1 fully saturated rings. The van der Waals surface area contributed by atoms with E-state index in [0.29, 0.717) is 6.42 Å². The monoisotopic (exact) mass is 190 g/mol. The van der Waals surface area contributed by atoms with Gasteiger partial charge in [-0.2, -0.15) is 0 Å². The van der Waals surface area contributed by atoms with Crippen LogP contribution in [0.2, 0.25) is 0 Å². The van der Waals surface area contributed by atoms with Crippen LogP contribution in [0.5, 0.6) is 0 Å². The largest absolute Gasteiger partial charge is 0.298 e. The van der Waals surface area contributed by atoms with Crippen LogP contribution in [-0.2, 0) is 14.6 Å². The minimum atomic E-state index is -3.09. The molecule has 0 radical (unpaired) electrons. The first-order valence-electron chi connectivity index (χ1n) is 4.28. The maximum absolute atomic E-state index is 11.2. The van der Waals surface area contributed by atoms with Crippen LogP contribution in [-0.4, -0.2) is 25.7 Å². The van der Waals surface area contributed by atoms with Gasteiger partial charge in [-0.1, -0.05) is 6.92 Å². The Morgan fingerprint density at radius 3 is 2.42 bits per heavy atom. The third-order valence-corrected chi connectivity index (χ3v) is 3.66. The van der Waals surface area contributed by atoms with E-state index in [1.165, 1.54) is 0 Å². The molecule has 3 nitrogen and oxygen atoms in total. The lowest BCUT2D eigenvalue weighted by molar-refractivity contribution is -0.117. The van der Waals surface area contributed by atoms with Crippen molar-refractivity contribution >= 4 is 15.6 Å². The van der Waals surface area contributed by atoms with Gasteiger partial charge in [0, 0.05) is 5.92 Å². The third-order valence-electron chi connectivity index (χ3n) is 1.91. The lowest BCUT2D eigenvalue weighted by Crippen LogP contribution is -2.19. The summed E-state index contributed by atoms with van der Waals surface area (Å²) < 4.78 is 22.3. The second-order valence-corrected chi connectivity index (χ2v) is 5.52. The van der Waals surface area contributed by atoms with Crippen LogP contribution in [0.1, 0.15) is 26.2 Å². The van der Waals surface area contributed by atoms with Crippen LogP contribution in [0, 0.1) is 5.92 Å². The summed E-state index contributed by atoms with van der Waals surface area (Å²) in [6.45, 7) is 1.80. The van der Waals surface area contributed by atoms with Gasteiger partial charge in [-0.25, -0.2) is 8.42 Å². The maximum atomic E-state index is 11.2. The van der Waals surface area contributed by atoms with E-state index in [1.54, 1.807) is 6.92 Å². The molecule has 0 atom stereocenters. The summed E-state index contributed by atoms with van der Waals surface area (Å²) in [7, 11) is -3.09. The fourth-order valence-electron chi connectivity index (χ4n) is 1.12. The van der Waals surface area contributed by atoms with Crippen molar-refractivity contribution in [2.45, 2.75) is 26.2 Å². The molecule has 0 aliphatic heterocycles. The molecule has 1 rings (SSSR count). The quantitative estimate of drug-likeness (QED) is 0.644. The zero-order valence-corrected chi connectivity index (χ0v) is 8.06. The fourth-order valence-corrected chi connectivity index (χ4v) is 2.56. The van der Waals surface area contributed by atoms with Crippen molar-refractivity contribution in [1.29, 1.82) is 0 Å². The fraction of sp³-hybridized carbons (Fsp3) is 0.875. The Morgan fingerprint density at radius 1 is 1.42 bits per heavy atom. The molecule has 0 N–H and O–H groups in total. The van der Waals surface area contributed by atoms with Crippen molar-refractivity contribution in [2.24, 2.45) is 5.92 Å². The van der Waals surface area contributed by atoms with E-state index in [4.69, 9.17) is 0 Å². The second kappa shape index (κ2) is 3.56. The average Bonchev–Trinajstić information content (AvgIpc) is 2.65. The molecule has 70 valence electrons. The Morgan fingerprint density at radius 2 is 2.00 bits per heavy atom. The van der Waals surface area contributed by atoms with Gasteiger partial charge in [0.25, 0.3) is 0 Å². The SMILES string of the molecule is CCCS(=O)(=O)CC(=O)C1CC1. The van der Waals surface area contributed by atoms with Crippen LogP contribution in [0.4, 0.5) is 0 Å². The summed E-state index contributed by atoms with van der Waals surface area (Å²) >= 11 is 0. The van der Waals surface area contributed by atoms with Gasteiger partial charge >= 0.3 is 0 Å². The van der Waals surface area contributed by atoms with Crippen molar-refractivity contribution in [1.82, 2.24) is 0 Å². The van der Waals surface area contributed by atoms with Gasteiger partial charge in [0.05, 0.1) is 5.75 Å². The number of Topliss-reactive ketones (excluding diaryl/α,β-unsaturated/α-hetero) is 1. The summed E-state index contributed by atoms with van der Waals surface area (Å²) in [5, 5.41) is 0. The highest BCUT2D eigenvalue weighted by atomic mass is 32.2. The normalized spacial score (nSPS) is 17.8. The van der Waals surface area contributed by atoms with E-state index >= 15 is 0 Å². The lowest BCUT2D eigenvalue weighted by Gasteiger charge is -1.99. The Kier molecular flexibility index (Phi) is 2.88. The molecule has 0 aromatic rings. The van der Waals surface area contributed by atoms with E-state index in [2.05, 4.69) is 0 Å². The van der Waals surface area contributed by atoms with Crippen LogP contribution < -0.4 is 0 Å². The predicted molar refractivity (Wildman–Crippen MR) is 46.7 cm³/mol. The first kappa shape index (κ1) is 9.71. The summed E-state index contributed by atoms with van der Waals surface area (Å²) in [5.41, 5.74) is 0. The number of carbonyl (C=O) groups is 1. The molecular weight excluding hydrogens is 176 g/mol. The van der Waals surface area contributed by atoms with Gasteiger partial charge in [-0.05, 0) is 19.3 Å². The zero-order chi connectivity index (χ0) is 9.19. The Labute approximate surface area is 73.1 Å². The highest BCUT2D eigenvalue weighted by Crippen LogP contribution is 2.30.